The molecule has 0 aromatic rings. The highest BCUT2D eigenvalue weighted by molar-refractivity contribution is 5.71. The van der Waals surface area contributed by atoms with Gasteiger partial charge in [0.2, 0.25) is 0 Å². The van der Waals surface area contributed by atoms with E-state index in [9.17, 15) is 15.0 Å². The summed E-state index contributed by atoms with van der Waals surface area (Å²) in [5, 5.41) is 20.4. The molecule has 2 N–H and O–H groups in total. The lowest BCUT2D eigenvalue weighted by Crippen LogP contribution is -2.52. The smallest absolute Gasteiger partial charge is 0.309 e. The van der Waals surface area contributed by atoms with Crippen LogP contribution in [0.3, 0.4) is 0 Å². The maximum atomic E-state index is 11.5. The minimum Gasteiger partial charge on any atom is -0.481 e. The summed E-state index contributed by atoms with van der Waals surface area (Å²) in [6.45, 7) is 6.25. The Labute approximate surface area is 111 Å². The van der Waals surface area contributed by atoms with E-state index in [2.05, 4.69) is 20.8 Å². The number of hydrogen-bond acceptors (Lipinski definition) is 2. The van der Waals surface area contributed by atoms with E-state index in [0.29, 0.717) is 18.8 Å². The van der Waals surface area contributed by atoms with Gasteiger partial charge in [0, 0.05) is 0 Å². The topological polar surface area (TPSA) is 57.5 Å². The maximum Gasteiger partial charge on any atom is 0.309 e. The third-order valence-corrected chi connectivity index (χ3v) is 4.54. The molecule has 1 aliphatic carbocycles. The molecule has 106 valence electrons. The second kappa shape index (κ2) is 6.55. The fourth-order valence-corrected chi connectivity index (χ4v) is 3.55. The second-order valence-electron chi connectivity index (χ2n) is 6.12. The van der Waals surface area contributed by atoms with E-state index in [1.807, 2.05) is 0 Å². The van der Waals surface area contributed by atoms with Gasteiger partial charge in [-0.25, -0.2) is 0 Å². The minimum absolute atomic E-state index is 0.129. The van der Waals surface area contributed by atoms with Gasteiger partial charge in [0.05, 0.1) is 11.5 Å². The summed E-state index contributed by atoms with van der Waals surface area (Å²) in [4.78, 5) is 11.5. The standard InChI is InChI=1S/C15H28O3/c1-4-5-8-13(14(16)17)15(18)10-7-6-9-12(15)11(2)3/h11-13,18H,4-10H2,1-3H3,(H,16,17). The fourth-order valence-electron chi connectivity index (χ4n) is 3.55. The van der Waals surface area contributed by atoms with Gasteiger partial charge in [-0.05, 0) is 31.1 Å². The van der Waals surface area contributed by atoms with Gasteiger partial charge in [-0.3, -0.25) is 4.79 Å². The SMILES string of the molecule is CCCCC(C(=O)O)C1(O)CCCCC1C(C)C. The van der Waals surface area contributed by atoms with Crippen molar-refractivity contribution in [2.45, 2.75) is 71.3 Å². The predicted octanol–water partition coefficient (Wildman–Crippen LogP) is 3.45. The van der Waals surface area contributed by atoms with Crippen LogP contribution in [-0.4, -0.2) is 21.8 Å². The van der Waals surface area contributed by atoms with Crippen LogP contribution in [0.5, 0.6) is 0 Å². The Hall–Kier alpha value is -0.570. The molecule has 0 bridgehead atoms. The normalized spacial score (nSPS) is 30.4. The number of aliphatic carboxylic acids is 1. The van der Waals surface area contributed by atoms with Crippen molar-refractivity contribution in [3.8, 4) is 0 Å². The Morgan fingerprint density at radius 1 is 1.39 bits per heavy atom. The van der Waals surface area contributed by atoms with Crippen LogP contribution in [0.1, 0.15) is 65.7 Å². The third-order valence-electron chi connectivity index (χ3n) is 4.54. The number of aliphatic hydroxyl groups is 1. The first kappa shape index (κ1) is 15.5. The lowest BCUT2D eigenvalue weighted by atomic mass is 9.63. The molecule has 1 rings (SSSR count). The van der Waals surface area contributed by atoms with E-state index in [0.717, 1.165) is 32.1 Å². The van der Waals surface area contributed by atoms with Gasteiger partial charge < -0.3 is 10.2 Å². The average Bonchev–Trinajstić information content (AvgIpc) is 2.28. The van der Waals surface area contributed by atoms with Crippen LogP contribution >= 0.6 is 0 Å². The lowest BCUT2D eigenvalue weighted by molar-refractivity contribution is -0.165. The molecule has 0 heterocycles. The molecule has 3 atom stereocenters. The van der Waals surface area contributed by atoms with Crippen molar-refractivity contribution in [2.75, 3.05) is 0 Å². The Morgan fingerprint density at radius 2 is 2.06 bits per heavy atom. The molecule has 0 amide bonds. The second-order valence-corrected chi connectivity index (χ2v) is 6.12. The Balaban J connectivity index is 2.92. The molecular formula is C15H28O3. The molecule has 0 aromatic carbocycles. The highest BCUT2D eigenvalue weighted by Crippen LogP contribution is 2.44. The predicted molar refractivity (Wildman–Crippen MR) is 72.4 cm³/mol. The number of carbonyl (C=O) groups is 1. The minimum atomic E-state index is -0.993. The van der Waals surface area contributed by atoms with E-state index < -0.39 is 17.5 Å². The van der Waals surface area contributed by atoms with E-state index >= 15 is 0 Å². The summed E-state index contributed by atoms with van der Waals surface area (Å²) >= 11 is 0. The zero-order valence-electron chi connectivity index (χ0n) is 12.0. The molecule has 1 aliphatic rings. The van der Waals surface area contributed by atoms with Crippen LogP contribution in [0, 0.1) is 17.8 Å². The molecule has 0 spiro atoms. The molecule has 0 aliphatic heterocycles. The molecule has 18 heavy (non-hydrogen) atoms. The zero-order chi connectivity index (χ0) is 13.8. The van der Waals surface area contributed by atoms with Gasteiger partial charge in [-0.2, -0.15) is 0 Å². The largest absolute Gasteiger partial charge is 0.481 e. The van der Waals surface area contributed by atoms with Crippen LogP contribution in [-0.2, 0) is 4.79 Å². The first-order valence-electron chi connectivity index (χ1n) is 7.38. The molecule has 3 nitrogen and oxygen atoms in total. The zero-order valence-corrected chi connectivity index (χ0v) is 12.0. The molecular weight excluding hydrogens is 228 g/mol. The molecule has 0 aromatic heterocycles. The average molecular weight is 256 g/mol. The molecule has 0 radical (unpaired) electrons. The molecule has 3 heteroatoms. The lowest BCUT2D eigenvalue weighted by Gasteiger charge is -2.45. The van der Waals surface area contributed by atoms with Crippen LogP contribution < -0.4 is 0 Å². The Kier molecular flexibility index (Phi) is 5.64. The van der Waals surface area contributed by atoms with E-state index in [-0.39, 0.29) is 5.92 Å². The summed E-state index contributed by atoms with van der Waals surface area (Å²) in [5.41, 5.74) is -0.993. The van der Waals surface area contributed by atoms with Crippen LogP contribution in [0.25, 0.3) is 0 Å². The molecule has 3 unspecified atom stereocenters. The van der Waals surface area contributed by atoms with Crippen molar-refractivity contribution in [1.29, 1.82) is 0 Å². The summed E-state index contributed by atoms with van der Waals surface area (Å²) in [6.07, 6.45) is 6.14. The number of rotatable bonds is 6. The Morgan fingerprint density at radius 3 is 2.56 bits per heavy atom. The van der Waals surface area contributed by atoms with Crippen molar-refractivity contribution in [3.63, 3.8) is 0 Å². The molecule has 1 fully saturated rings. The van der Waals surface area contributed by atoms with Gasteiger partial charge in [-0.15, -0.1) is 0 Å². The van der Waals surface area contributed by atoms with Crippen LogP contribution in [0.15, 0.2) is 0 Å². The third kappa shape index (κ3) is 3.25. The fraction of sp³-hybridized carbons (Fsp3) is 0.933. The van der Waals surface area contributed by atoms with Gasteiger partial charge >= 0.3 is 5.97 Å². The number of unbranched alkanes of at least 4 members (excludes halogenated alkanes) is 1. The summed E-state index contributed by atoms with van der Waals surface area (Å²) in [7, 11) is 0. The Bertz CT molecular complexity index is 275. The monoisotopic (exact) mass is 256 g/mol. The van der Waals surface area contributed by atoms with Crippen LogP contribution in [0.2, 0.25) is 0 Å². The van der Waals surface area contributed by atoms with E-state index in [1.165, 1.54) is 0 Å². The highest BCUT2D eigenvalue weighted by atomic mass is 16.4. The first-order valence-corrected chi connectivity index (χ1v) is 7.38. The first-order chi connectivity index (χ1) is 8.43. The highest BCUT2D eigenvalue weighted by Gasteiger charge is 2.48. The summed E-state index contributed by atoms with van der Waals surface area (Å²) in [5.74, 6) is -0.938. The van der Waals surface area contributed by atoms with E-state index in [4.69, 9.17) is 0 Å². The summed E-state index contributed by atoms with van der Waals surface area (Å²) < 4.78 is 0. The molecule has 1 saturated carbocycles. The van der Waals surface area contributed by atoms with Gasteiger partial charge in [0.25, 0.3) is 0 Å². The quantitative estimate of drug-likeness (QED) is 0.765. The van der Waals surface area contributed by atoms with Crippen molar-refractivity contribution < 1.29 is 15.0 Å². The number of carboxylic acids is 1. The van der Waals surface area contributed by atoms with Crippen LogP contribution in [0.4, 0.5) is 0 Å². The van der Waals surface area contributed by atoms with Gasteiger partial charge in [0.15, 0.2) is 0 Å². The van der Waals surface area contributed by atoms with Gasteiger partial charge in [-0.1, -0.05) is 46.5 Å². The van der Waals surface area contributed by atoms with Crippen molar-refractivity contribution >= 4 is 5.97 Å². The van der Waals surface area contributed by atoms with Crippen molar-refractivity contribution in [2.24, 2.45) is 17.8 Å². The number of hydrogen-bond donors (Lipinski definition) is 2. The summed E-state index contributed by atoms with van der Waals surface area (Å²) in [6, 6.07) is 0. The maximum absolute atomic E-state index is 11.5. The van der Waals surface area contributed by atoms with Crippen molar-refractivity contribution in [3.05, 3.63) is 0 Å². The van der Waals surface area contributed by atoms with Crippen molar-refractivity contribution in [1.82, 2.24) is 0 Å². The van der Waals surface area contributed by atoms with E-state index in [1.54, 1.807) is 0 Å². The molecule has 0 saturated heterocycles. The number of carboxylic acid groups (broad SMARTS) is 1. The van der Waals surface area contributed by atoms with Gasteiger partial charge in [0.1, 0.15) is 0 Å².